The molecule has 29 heavy (non-hydrogen) atoms. The number of primary sulfonamides is 1. The lowest BCUT2D eigenvalue weighted by atomic mass is 10.1. The topological polar surface area (TPSA) is 124 Å². The number of thiophene rings is 1. The summed E-state index contributed by atoms with van der Waals surface area (Å²) in [6.45, 7) is 0.417. The van der Waals surface area contributed by atoms with Crippen LogP contribution in [0.4, 0.5) is 11.5 Å². The Balaban J connectivity index is 1.66. The molecule has 0 aliphatic rings. The average molecular weight is 427 g/mol. The van der Waals surface area contributed by atoms with Crippen LogP contribution in [0.1, 0.15) is 5.56 Å². The molecule has 4 aromatic rings. The standard InChI is InChI=1S/C20H18N4O3S2/c21-19-16(14-7-8-27-12-14)10-17(18-2-1-9-28-18)24-20(19)23-11-13-3-5-15(6-4-13)29(22,25)26/h1-10,12H,11,21H2,(H,23,24)(H2,22,25,26). The molecule has 0 spiro atoms. The average Bonchev–Trinajstić information content (AvgIpc) is 3.41. The van der Waals surface area contributed by atoms with Crippen molar-refractivity contribution < 1.29 is 12.8 Å². The summed E-state index contributed by atoms with van der Waals surface area (Å²) in [4.78, 5) is 5.78. The summed E-state index contributed by atoms with van der Waals surface area (Å²) in [5, 5.41) is 10.4. The lowest BCUT2D eigenvalue weighted by molar-refractivity contribution is 0.568. The Morgan fingerprint density at radius 2 is 1.93 bits per heavy atom. The monoisotopic (exact) mass is 426 g/mol. The Bertz CT molecular complexity index is 1220. The number of hydrogen-bond donors (Lipinski definition) is 3. The van der Waals surface area contributed by atoms with E-state index in [-0.39, 0.29) is 4.90 Å². The zero-order chi connectivity index (χ0) is 20.4. The van der Waals surface area contributed by atoms with E-state index in [1.54, 1.807) is 36.0 Å². The lowest BCUT2D eigenvalue weighted by Gasteiger charge is -2.14. The maximum absolute atomic E-state index is 11.4. The molecule has 148 valence electrons. The molecule has 5 N–H and O–H groups in total. The molecular weight excluding hydrogens is 408 g/mol. The summed E-state index contributed by atoms with van der Waals surface area (Å²) < 4.78 is 28.0. The van der Waals surface area contributed by atoms with E-state index >= 15 is 0 Å². The van der Waals surface area contributed by atoms with Gasteiger partial charge in [-0.1, -0.05) is 18.2 Å². The van der Waals surface area contributed by atoms with Gasteiger partial charge in [0.2, 0.25) is 10.0 Å². The van der Waals surface area contributed by atoms with Crippen LogP contribution in [0.5, 0.6) is 0 Å². The minimum atomic E-state index is -3.72. The highest BCUT2D eigenvalue weighted by Crippen LogP contribution is 2.36. The Morgan fingerprint density at radius 1 is 1.14 bits per heavy atom. The number of benzene rings is 1. The largest absolute Gasteiger partial charge is 0.472 e. The van der Waals surface area contributed by atoms with Gasteiger partial charge in [0.1, 0.15) is 0 Å². The Labute approximate surface area is 172 Å². The maximum Gasteiger partial charge on any atom is 0.238 e. The molecule has 4 rings (SSSR count). The summed E-state index contributed by atoms with van der Waals surface area (Å²) in [5.41, 5.74) is 10.2. The minimum Gasteiger partial charge on any atom is -0.472 e. The summed E-state index contributed by atoms with van der Waals surface area (Å²) >= 11 is 1.59. The number of nitrogens with two attached hydrogens (primary N) is 2. The van der Waals surface area contributed by atoms with Gasteiger partial charge in [-0.25, -0.2) is 18.5 Å². The van der Waals surface area contributed by atoms with Crippen molar-refractivity contribution in [1.29, 1.82) is 0 Å². The number of hydrogen-bond acceptors (Lipinski definition) is 7. The quantitative estimate of drug-likeness (QED) is 0.429. The van der Waals surface area contributed by atoms with Crippen molar-refractivity contribution in [3.8, 4) is 21.7 Å². The van der Waals surface area contributed by atoms with Gasteiger partial charge in [-0.05, 0) is 41.3 Å². The van der Waals surface area contributed by atoms with E-state index in [4.69, 9.17) is 15.3 Å². The van der Waals surface area contributed by atoms with Gasteiger partial charge in [-0.3, -0.25) is 0 Å². The first-order valence-corrected chi connectivity index (χ1v) is 11.1. The number of anilines is 2. The van der Waals surface area contributed by atoms with Crippen LogP contribution < -0.4 is 16.2 Å². The van der Waals surface area contributed by atoms with Gasteiger partial charge >= 0.3 is 0 Å². The number of nitrogens with zero attached hydrogens (tertiary/aromatic N) is 1. The Hall–Kier alpha value is -3.14. The van der Waals surface area contributed by atoms with Gasteiger partial charge < -0.3 is 15.5 Å². The number of rotatable bonds is 6. The van der Waals surface area contributed by atoms with Crippen molar-refractivity contribution in [1.82, 2.24) is 4.98 Å². The highest BCUT2D eigenvalue weighted by molar-refractivity contribution is 7.89. The second-order valence-corrected chi connectivity index (χ2v) is 8.86. The van der Waals surface area contributed by atoms with E-state index in [0.29, 0.717) is 18.1 Å². The predicted molar refractivity (Wildman–Crippen MR) is 115 cm³/mol. The summed E-state index contributed by atoms with van der Waals surface area (Å²) in [6, 6.07) is 14.1. The van der Waals surface area contributed by atoms with E-state index in [2.05, 4.69) is 10.3 Å². The first-order valence-electron chi connectivity index (χ1n) is 8.64. The van der Waals surface area contributed by atoms with Crippen LogP contribution in [-0.4, -0.2) is 13.4 Å². The van der Waals surface area contributed by atoms with Gasteiger partial charge in [-0.15, -0.1) is 11.3 Å². The summed E-state index contributed by atoms with van der Waals surface area (Å²) in [7, 11) is -3.72. The first kappa shape index (κ1) is 19.2. The predicted octanol–water partition coefficient (Wildman–Crippen LogP) is 3.91. The Kier molecular flexibility index (Phi) is 5.10. The van der Waals surface area contributed by atoms with Crippen molar-refractivity contribution >= 4 is 32.9 Å². The van der Waals surface area contributed by atoms with Crippen LogP contribution in [0, 0.1) is 0 Å². The molecule has 0 saturated carbocycles. The van der Waals surface area contributed by atoms with Gasteiger partial charge in [-0.2, -0.15) is 0 Å². The van der Waals surface area contributed by atoms with Crippen LogP contribution in [0.15, 0.2) is 75.7 Å². The molecule has 0 unspecified atom stereocenters. The molecular formula is C20H18N4O3S2. The molecule has 0 amide bonds. The molecule has 3 heterocycles. The number of aromatic nitrogens is 1. The van der Waals surface area contributed by atoms with E-state index in [1.807, 2.05) is 29.6 Å². The smallest absolute Gasteiger partial charge is 0.238 e. The number of pyridine rings is 1. The van der Waals surface area contributed by atoms with Gasteiger partial charge in [0.15, 0.2) is 5.82 Å². The van der Waals surface area contributed by atoms with Crippen molar-refractivity contribution in [2.45, 2.75) is 11.4 Å². The molecule has 0 aliphatic carbocycles. The fourth-order valence-corrected chi connectivity index (χ4v) is 4.08. The van der Waals surface area contributed by atoms with Crippen LogP contribution in [0.3, 0.4) is 0 Å². The fourth-order valence-electron chi connectivity index (χ4n) is 2.88. The summed E-state index contributed by atoms with van der Waals surface area (Å²) in [6.07, 6.45) is 3.24. The number of furan rings is 1. The van der Waals surface area contributed by atoms with Gasteiger partial charge in [0.05, 0.1) is 33.7 Å². The van der Waals surface area contributed by atoms with Crippen LogP contribution in [0.2, 0.25) is 0 Å². The van der Waals surface area contributed by atoms with E-state index in [9.17, 15) is 8.42 Å². The van der Waals surface area contributed by atoms with E-state index in [0.717, 1.165) is 27.3 Å². The molecule has 7 nitrogen and oxygen atoms in total. The second kappa shape index (κ2) is 7.70. The highest BCUT2D eigenvalue weighted by atomic mass is 32.2. The third-order valence-electron chi connectivity index (χ3n) is 4.38. The zero-order valence-electron chi connectivity index (χ0n) is 15.2. The van der Waals surface area contributed by atoms with E-state index < -0.39 is 10.0 Å². The van der Waals surface area contributed by atoms with Gasteiger partial charge in [0, 0.05) is 17.7 Å². The third kappa shape index (κ3) is 4.16. The van der Waals surface area contributed by atoms with Crippen LogP contribution >= 0.6 is 11.3 Å². The van der Waals surface area contributed by atoms with Crippen molar-refractivity contribution in [3.63, 3.8) is 0 Å². The number of sulfonamides is 1. The molecule has 3 aromatic heterocycles. The normalized spacial score (nSPS) is 11.5. The molecule has 0 radical (unpaired) electrons. The van der Waals surface area contributed by atoms with Crippen LogP contribution in [0.25, 0.3) is 21.7 Å². The number of nitrogens with one attached hydrogen (secondary N) is 1. The number of nitrogen functional groups attached to an aromatic ring is 1. The third-order valence-corrected chi connectivity index (χ3v) is 6.20. The van der Waals surface area contributed by atoms with Crippen molar-refractivity contribution in [2.24, 2.45) is 5.14 Å². The fraction of sp³-hybridized carbons (Fsp3) is 0.0500. The van der Waals surface area contributed by atoms with Crippen molar-refractivity contribution in [3.05, 3.63) is 72.0 Å². The second-order valence-electron chi connectivity index (χ2n) is 6.35. The molecule has 0 atom stereocenters. The van der Waals surface area contributed by atoms with E-state index in [1.165, 1.54) is 12.1 Å². The Morgan fingerprint density at radius 3 is 2.55 bits per heavy atom. The molecule has 1 aromatic carbocycles. The zero-order valence-corrected chi connectivity index (χ0v) is 16.8. The molecule has 9 heteroatoms. The molecule has 0 fully saturated rings. The lowest BCUT2D eigenvalue weighted by Crippen LogP contribution is -2.12. The molecule has 0 aliphatic heterocycles. The highest BCUT2D eigenvalue weighted by Gasteiger charge is 2.14. The minimum absolute atomic E-state index is 0.0702. The SMILES string of the molecule is Nc1c(-c2ccoc2)cc(-c2cccs2)nc1NCc1ccc(S(N)(=O)=O)cc1. The van der Waals surface area contributed by atoms with Gasteiger partial charge in [0.25, 0.3) is 0 Å². The van der Waals surface area contributed by atoms with Crippen molar-refractivity contribution in [2.75, 3.05) is 11.1 Å². The molecule has 0 bridgehead atoms. The first-order chi connectivity index (χ1) is 13.9. The van der Waals surface area contributed by atoms with Crippen LogP contribution in [-0.2, 0) is 16.6 Å². The maximum atomic E-state index is 11.4. The molecule has 0 saturated heterocycles. The summed E-state index contributed by atoms with van der Waals surface area (Å²) in [5.74, 6) is 0.544.